The fourth-order valence-electron chi connectivity index (χ4n) is 9.41. The quantitative estimate of drug-likeness (QED) is 0.103. The molecule has 6 aliphatic rings. The van der Waals surface area contributed by atoms with E-state index in [9.17, 15) is 19.2 Å². The van der Waals surface area contributed by atoms with Crippen LogP contribution in [0.2, 0.25) is 0 Å². The predicted molar refractivity (Wildman–Crippen MR) is 201 cm³/mol. The molecule has 52 heavy (non-hydrogen) atoms. The summed E-state index contributed by atoms with van der Waals surface area (Å²) in [5.41, 5.74) is 8.47. The lowest BCUT2D eigenvalue weighted by Gasteiger charge is -2.58. The molecule has 1 saturated heterocycles. The molecule has 4 N–H and O–H groups in total. The van der Waals surface area contributed by atoms with Crippen molar-refractivity contribution in [3.8, 4) is 5.75 Å². The first-order chi connectivity index (χ1) is 25.0. The largest absolute Gasteiger partial charge is 0.481 e. The van der Waals surface area contributed by atoms with Crippen molar-refractivity contribution in [2.75, 3.05) is 25.9 Å². The van der Waals surface area contributed by atoms with Crippen molar-refractivity contribution in [2.24, 2.45) is 23.5 Å². The van der Waals surface area contributed by atoms with Crippen molar-refractivity contribution in [3.63, 3.8) is 0 Å². The van der Waals surface area contributed by atoms with Crippen LogP contribution in [0.4, 0.5) is 0 Å². The van der Waals surface area contributed by atoms with E-state index in [0.717, 1.165) is 34.0 Å². The Hall–Kier alpha value is -3.94. The molecule has 1 aromatic heterocycles. The van der Waals surface area contributed by atoms with Gasteiger partial charge in [0.2, 0.25) is 5.91 Å². The normalized spacial score (nSPS) is 34.2. The molecule has 1 aromatic carbocycles. The summed E-state index contributed by atoms with van der Waals surface area (Å²) in [6.07, 6.45) is 8.60. The Kier molecular flexibility index (Phi) is 8.89. The molecule has 1 saturated carbocycles. The van der Waals surface area contributed by atoms with Gasteiger partial charge in [-0.05, 0) is 69.2 Å². The highest BCUT2D eigenvalue weighted by molar-refractivity contribution is 8.77. The van der Waals surface area contributed by atoms with Crippen LogP contribution >= 0.6 is 21.6 Å². The van der Waals surface area contributed by atoms with Crippen molar-refractivity contribution in [1.29, 1.82) is 0 Å². The number of aldehydes is 1. The standard InChI is InChI=1S/C39H44N4O7S2/c1-5-20(2)37(47)50-38(3)9-8-22-19-51-52-30-11-25(18-44)35(41-4)27-17-43(36(27)30)32(45)12-24-16-42-31(40)13-26(24)34(22)39(38)15-23-10-21-6-7-33(46)48-28(21)14-29(23)49-39/h5-8,10,13-14,18,25,27,30,34-36,41-42H,9,11-12,15-17,19,40H2,1-4H3. The second kappa shape index (κ2) is 13.2. The van der Waals surface area contributed by atoms with Crippen LogP contribution in [0.1, 0.15) is 45.6 Å². The van der Waals surface area contributed by atoms with E-state index < -0.39 is 28.7 Å². The summed E-state index contributed by atoms with van der Waals surface area (Å²) in [7, 11) is 5.41. The molecule has 8 rings (SSSR count). The van der Waals surface area contributed by atoms with Crippen LogP contribution in [-0.2, 0) is 25.5 Å². The van der Waals surface area contributed by atoms with E-state index in [1.807, 2.05) is 31.0 Å². The number of allylic oxidation sites excluding steroid dienone is 2. The van der Waals surface area contributed by atoms with E-state index in [0.29, 0.717) is 60.8 Å². The number of ether oxygens (including phenoxy) is 2. The van der Waals surface area contributed by atoms with Crippen molar-refractivity contribution >= 4 is 50.7 Å². The lowest BCUT2D eigenvalue weighted by atomic mass is 9.61. The molecule has 0 bridgehead atoms. The monoisotopic (exact) mass is 744 g/mol. The maximum atomic E-state index is 14.3. The van der Waals surface area contributed by atoms with Crippen LogP contribution in [-0.4, -0.2) is 77.5 Å². The van der Waals surface area contributed by atoms with Crippen molar-refractivity contribution in [3.05, 3.63) is 86.6 Å². The Bertz CT molecular complexity index is 2060. The molecule has 2 aliphatic carbocycles. The Balaban J connectivity index is 1.28. The van der Waals surface area contributed by atoms with E-state index in [-0.39, 0.29) is 41.5 Å². The van der Waals surface area contributed by atoms with E-state index >= 15 is 0 Å². The number of rotatable bonds is 4. The molecule has 1 amide bonds. The average Bonchev–Trinajstić information content (AvgIpc) is 3.48. The number of carbonyl (C=O) groups is 3. The molecule has 8 unspecified atom stereocenters. The zero-order valence-corrected chi connectivity index (χ0v) is 31.4. The Morgan fingerprint density at radius 2 is 2.08 bits per heavy atom. The van der Waals surface area contributed by atoms with Gasteiger partial charge in [-0.15, -0.1) is 0 Å². The third kappa shape index (κ3) is 5.53. The van der Waals surface area contributed by atoms with Crippen LogP contribution in [0.5, 0.6) is 5.75 Å². The second-order valence-corrected chi connectivity index (χ2v) is 17.7. The molecule has 4 aliphatic heterocycles. The number of nitrogens with zero attached hydrogens (tertiary/aromatic N) is 1. The number of esters is 1. The van der Waals surface area contributed by atoms with Gasteiger partial charge < -0.3 is 40.0 Å². The average molecular weight is 745 g/mol. The predicted octanol–water partition coefficient (Wildman–Crippen LogP) is 4.17. The summed E-state index contributed by atoms with van der Waals surface area (Å²) in [6, 6.07) is 6.97. The van der Waals surface area contributed by atoms with Gasteiger partial charge in [0, 0.05) is 77.9 Å². The van der Waals surface area contributed by atoms with Crippen LogP contribution in [0.3, 0.4) is 0 Å². The highest BCUT2D eigenvalue weighted by Crippen LogP contribution is 2.58. The number of hydrogen-bond acceptors (Lipinski definition) is 12. The van der Waals surface area contributed by atoms with Crippen LogP contribution in [0.25, 0.3) is 11.0 Å². The fourth-order valence-corrected chi connectivity index (χ4v) is 12.5. The number of nitrogens with one attached hydrogen (secondary N) is 2. The molecule has 5 heterocycles. The third-order valence-electron chi connectivity index (χ3n) is 12.3. The van der Waals surface area contributed by atoms with Crippen LogP contribution < -0.4 is 26.7 Å². The van der Waals surface area contributed by atoms with Gasteiger partial charge in [0.25, 0.3) is 0 Å². The molecule has 2 fully saturated rings. The summed E-state index contributed by atoms with van der Waals surface area (Å²) in [5, 5.41) is 7.53. The second-order valence-electron chi connectivity index (χ2n) is 15.1. The smallest absolute Gasteiger partial charge is 0.336 e. The first-order valence-corrected chi connectivity index (χ1v) is 20.3. The van der Waals surface area contributed by atoms with Crippen molar-refractivity contribution < 1.29 is 28.3 Å². The van der Waals surface area contributed by atoms with E-state index in [2.05, 4.69) is 16.7 Å². The van der Waals surface area contributed by atoms with Crippen molar-refractivity contribution in [1.82, 2.24) is 15.5 Å². The Morgan fingerprint density at radius 1 is 1.25 bits per heavy atom. The molecule has 0 radical (unpaired) electrons. The molecular formula is C39H44N4O7S2. The van der Waals surface area contributed by atoms with Crippen LogP contribution in [0, 0.1) is 17.8 Å². The number of benzene rings is 1. The minimum absolute atomic E-state index is 0.0397. The molecular weight excluding hydrogens is 701 g/mol. The highest BCUT2D eigenvalue weighted by atomic mass is 33.1. The van der Waals surface area contributed by atoms with Gasteiger partial charge in [-0.3, -0.25) is 4.79 Å². The summed E-state index contributed by atoms with van der Waals surface area (Å²) in [4.78, 5) is 54.5. The van der Waals surface area contributed by atoms with E-state index in [4.69, 9.17) is 19.6 Å². The number of nitrogens with two attached hydrogens (primary N) is 1. The fraction of sp³-hybridized carbons (Fsp3) is 0.487. The van der Waals surface area contributed by atoms with E-state index in [1.54, 1.807) is 53.6 Å². The van der Waals surface area contributed by atoms with Gasteiger partial charge in [-0.2, -0.15) is 0 Å². The Labute approximate surface area is 310 Å². The molecule has 274 valence electrons. The van der Waals surface area contributed by atoms with Gasteiger partial charge in [0.15, 0.2) is 11.2 Å². The van der Waals surface area contributed by atoms with Gasteiger partial charge in [0.05, 0.1) is 24.2 Å². The van der Waals surface area contributed by atoms with Crippen LogP contribution in [0.15, 0.2) is 79.8 Å². The third-order valence-corrected chi connectivity index (χ3v) is 15.1. The first-order valence-electron chi connectivity index (χ1n) is 17.9. The minimum atomic E-state index is -1.16. The SMILES string of the molecule is CC=C(C)C(=O)OC1(C)CC=C2CSSC3CC(C=O)C(NC)C4CN(C(=O)CC5=C(C=C(N)NC5)C2C12Cc1cc5ccc(=O)oc5cc1O2)C34. The Morgan fingerprint density at radius 3 is 2.85 bits per heavy atom. The molecule has 13 heteroatoms. The maximum absolute atomic E-state index is 14.3. The molecule has 2 aromatic rings. The summed E-state index contributed by atoms with van der Waals surface area (Å²) in [5.74, 6) is 0.939. The number of carbonyl (C=O) groups excluding carboxylic acids is 3. The summed E-state index contributed by atoms with van der Waals surface area (Å²) < 4.78 is 19.3. The van der Waals surface area contributed by atoms with Gasteiger partial charge in [-0.25, -0.2) is 9.59 Å². The minimum Gasteiger partial charge on any atom is -0.481 e. The first kappa shape index (κ1) is 35.1. The number of dihydropyridines is 1. The van der Waals surface area contributed by atoms with Gasteiger partial charge in [0.1, 0.15) is 17.6 Å². The van der Waals surface area contributed by atoms with Gasteiger partial charge in [-0.1, -0.05) is 39.3 Å². The lowest BCUT2D eigenvalue weighted by molar-refractivity contribution is -0.186. The van der Waals surface area contributed by atoms with Gasteiger partial charge >= 0.3 is 11.6 Å². The summed E-state index contributed by atoms with van der Waals surface area (Å²) >= 11 is 0. The lowest BCUT2D eigenvalue weighted by Crippen LogP contribution is -2.71. The number of fused-ring (bicyclic) bond motifs is 5. The molecule has 8 atom stereocenters. The molecule has 11 nitrogen and oxygen atoms in total. The highest BCUT2D eigenvalue weighted by Gasteiger charge is 2.64. The maximum Gasteiger partial charge on any atom is 0.336 e. The number of hydrogen-bond donors (Lipinski definition) is 3. The van der Waals surface area contributed by atoms with E-state index in [1.165, 1.54) is 6.07 Å². The van der Waals surface area contributed by atoms with Crippen molar-refractivity contribution in [2.45, 2.75) is 75.0 Å². The number of amides is 1. The topological polar surface area (TPSA) is 153 Å². The molecule has 1 spiro atoms. The zero-order chi connectivity index (χ0) is 36.5. The zero-order valence-electron chi connectivity index (χ0n) is 29.7. The summed E-state index contributed by atoms with van der Waals surface area (Å²) in [6.45, 7) is 6.48.